The molecule has 1 saturated heterocycles. The summed E-state index contributed by atoms with van der Waals surface area (Å²) in [5, 5.41) is 12.8. The van der Waals surface area contributed by atoms with E-state index in [0.29, 0.717) is 17.5 Å². The second kappa shape index (κ2) is 6.43. The first-order valence-electron chi connectivity index (χ1n) is 11.3. The average Bonchev–Trinajstić information content (AvgIpc) is 3.46. The van der Waals surface area contributed by atoms with E-state index >= 15 is 0 Å². The first-order chi connectivity index (χ1) is 14.2. The molecule has 1 heterocycles. The van der Waals surface area contributed by atoms with Crippen LogP contribution in [0.3, 0.4) is 0 Å². The maximum absolute atomic E-state index is 9.33. The van der Waals surface area contributed by atoms with Gasteiger partial charge in [0, 0.05) is 36.9 Å². The summed E-state index contributed by atoms with van der Waals surface area (Å²) >= 11 is 0. The van der Waals surface area contributed by atoms with E-state index in [2.05, 4.69) is 52.5 Å². The number of oxime groups is 1. The van der Waals surface area contributed by atoms with Gasteiger partial charge in [0.15, 0.2) is 0 Å². The predicted octanol–water partition coefficient (Wildman–Crippen LogP) is 5.26. The molecular formula is C26H30N2O. The van der Waals surface area contributed by atoms with E-state index in [1.165, 1.54) is 62.9 Å². The van der Waals surface area contributed by atoms with Gasteiger partial charge in [0.25, 0.3) is 0 Å². The SMILES string of the molecule is CC(=NO)c1ccc2c(c1)C13CC2c2ccccc2C1CN(CC1CCCC1)C3. The highest BCUT2D eigenvalue weighted by atomic mass is 16.4. The van der Waals surface area contributed by atoms with Crippen molar-refractivity contribution in [3.63, 3.8) is 0 Å². The molecule has 2 aromatic rings. The monoisotopic (exact) mass is 386 g/mol. The van der Waals surface area contributed by atoms with Crippen LogP contribution in [0.2, 0.25) is 0 Å². The molecule has 3 heteroatoms. The Labute approximate surface area is 173 Å². The molecule has 3 atom stereocenters. The summed E-state index contributed by atoms with van der Waals surface area (Å²) in [7, 11) is 0. The summed E-state index contributed by atoms with van der Waals surface area (Å²) in [5.74, 6) is 2.00. The van der Waals surface area contributed by atoms with Gasteiger partial charge >= 0.3 is 0 Å². The van der Waals surface area contributed by atoms with Gasteiger partial charge in [0.2, 0.25) is 0 Å². The second-order valence-corrected chi connectivity index (χ2v) is 9.93. The van der Waals surface area contributed by atoms with Gasteiger partial charge in [0.1, 0.15) is 0 Å². The molecule has 0 amide bonds. The van der Waals surface area contributed by atoms with Crippen molar-refractivity contribution in [2.24, 2.45) is 11.1 Å². The number of rotatable bonds is 3. The zero-order chi connectivity index (χ0) is 19.6. The van der Waals surface area contributed by atoms with Gasteiger partial charge in [-0.1, -0.05) is 54.4 Å². The van der Waals surface area contributed by atoms with Crippen molar-refractivity contribution < 1.29 is 5.21 Å². The van der Waals surface area contributed by atoms with Crippen LogP contribution in [0, 0.1) is 5.92 Å². The number of hydrogen-bond acceptors (Lipinski definition) is 3. The topological polar surface area (TPSA) is 35.8 Å². The summed E-state index contributed by atoms with van der Waals surface area (Å²) < 4.78 is 0. The Balaban J connectivity index is 1.47. The van der Waals surface area contributed by atoms with E-state index in [4.69, 9.17) is 0 Å². The van der Waals surface area contributed by atoms with Gasteiger partial charge in [-0.2, -0.15) is 0 Å². The van der Waals surface area contributed by atoms with Crippen LogP contribution in [0.5, 0.6) is 0 Å². The van der Waals surface area contributed by atoms with Gasteiger partial charge in [-0.15, -0.1) is 0 Å². The van der Waals surface area contributed by atoms with Crippen molar-refractivity contribution in [3.05, 3.63) is 70.3 Å². The standard InChI is InChI=1S/C26H30N2O/c1-17(27-29)19-10-11-22-23-13-26(24(22)12-19)16-28(14-18-6-2-3-7-18)15-25(26)21-9-5-4-8-20(21)23/h4-5,8-12,18,23,25,29H,2-3,6-7,13-16H2,1H3. The number of benzene rings is 2. The molecule has 6 rings (SSSR count). The molecule has 2 aromatic carbocycles. The molecule has 3 unspecified atom stereocenters. The van der Waals surface area contributed by atoms with E-state index in [-0.39, 0.29) is 5.41 Å². The lowest BCUT2D eigenvalue weighted by molar-refractivity contribution is 0.260. The Morgan fingerprint density at radius 1 is 1.10 bits per heavy atom. The predicted molar refractivity (Wildman–Crippen MR) is 116 cm³/mol. The molecule has 1 N–H and O–H groups in total. The minimum atomic E-state index is 0.221. The number of likely N-dealkylation sites (tertiary alicyclic amines) is 1. The highest BCUT2D eigenvalue weighted by Crippen LogP contribution is 2.63. The second-order valence-electron chi connectivity index (χ2n) is 9.93. The zero-order valence-corrected chi connectivity index (χ0v) is 17.3. The largest absolute Gasteiger partial charge is 0.411 e. The molecule has 0 aromatic heterocycles. The van der Waals surface area contributed by atoms with E-state index < -0.39 is 0 Å². The molecule has 29 heavy (non-hydrogen) atoms. The van der Waals surface area contributed by atoms with Crippen LogP contribution >= 0.6 is 0 Å². The molecule has 3 nitrogen and oxygen atoms in total. The lowest BCUT2D eigenvalue weighted by atomic mass is 9.65. The van der Waals surface area contributed by atoms with Crippen molar-refractivity contribution in [1.29, 1.82) is 0 Å². The normalized spacial score (nSPS) is 31.0. The van der Waals surface area contributed by atoms with Crippen LogP contribution in [0.4, 0.5) is 0 Å². The molecule has 3 aliphatic carbocycles. The van der Waals surface area contributed by atoms with Gasteiger partial charge in [-0.3, -0.25) is 0 Å². The van der Waals surface area contributed by atoms with Crippen LogP contribution in [0.25, 0.3) is 0 Å². The molecule has 1 saturated carbocycles. The summed E-state index contributed by atoms with van der Waals surface area (Å²) in [6.45, 7) is 5.55. The van der Waals surface area contributed by atoms with Crippen LogP contribution in [0.1, 0.15) is 78.7 Å². The Hall–Kier alpha value is -2.13. The smallest absolute Gasteiger partial charge is 0.0837 e. The van der Waals surface area contributed by atoms with Gasteiger partial charge in [0.05, 0.1) is 5.71 Å². The van der Waals surface area contributed by atoms with Gasteiger partial charge in [-0.05, 0) is 66.0 Å². The van der Waals surface area contributed by atoms with Crippen LogP contribution in [-0.2, 0) is 5.41 Å². The molecule has 1 spiro atoms. The molecule has 2 bridgehead atoms. The highest BCUT2D eigenvalue weighted by molar-refractivity contribution is 5.98. The maximum atomic E-state index is 9.33. The third-order valence-electron chi connectivity index (χ3n) is 8.45. The van der Waals surface area contributed by atoms with Crippen LogP contribution in [-0.4, -0.2) is 35.5 Å². The Morgan fingerprint density at radius 2 is 1.90 bits per heavy atom. The van der Waals surface area contributed by atoms with E-state index in [1.807, 2.05) is 6.92 Å². The summed E-state index contributed by atoms with van der Waals surface area (Å²) in [6, 6.07) is 16.0. The first-order valence-corrected chi connectivity index (χ1v) is 11.3. The Bertz CT molecular complexity index is 990. The summed E-state index contributed by atoms with van der Waals surface area (Å²) in [4.78, 5) is 2.79. The minimum absolute atomic E-state index is 0.221. The van der Waals surface area contributed by atoms with Crippen LogP contribution in [0.15, 0.2) is 47.6 Å². The lowest BCUT2D eigenvalue weighted by Crippen LogP contribution is -2.35. The molecule has 1 aliphatic heterocycles. The Morgan fingerprint density at radius 3 is 2.69 bits per heavy atom. The fourth-order valence-electron chi connectivity index (χ4n) is 7.16. The fourth-order valence-corrected chi connectivity index (χ4v) is 7.16. The number of fused-ring (bicyclic) bond motifs is 3. The number of nitrogens with zero attached hydrogens (tertiary/aromatic N) is 2. The van der Waals surface area contributed by atoms with Crippen molar-refractivity contribution in [2.45, 2.75) is 56.3 Å². The third-order valence-corrected chi connectivity index (χ3v) is 8.45. The van der Waals surface area contributed by atoms with Crippen molar-refractivity contribution in [3.8, 4) is 0 Å². The Kier molecular flexibility index (Phi) is 3.93. The van der Waals surface area contributed by atoms with Crippen molar-refractivity contribution >= 4 is 5.71 Å². The van der Waals surface area contributed by atoms with E-state index in [0.717, 1.165) is 11.5 Å². The lowest BCUT2D eigenvalue weighted by Gasteiger charge is -2.37. The summed E-state index contributed by atoms with van der Waals surface area (Å²) in [6.07, 6.45) is 6.92. The first kappa shape index (κ1) is 17.7. The third kappa shape index (κ3) is 2.49. The van der Waals surface area contributed by atoms with Crippen molar-refractivity contribution in [1.82, 2.24) is 4.90 Å². The zero-order valence-electron chi connectivity index (χ0n) is 17.3. The number of hydrogen-bond donors (Lipinski definition) is 1. The highest BCUT2D eigenvalue weighted by Gasteiger charge is 2.58. The summed E-state index contributed by atoms with van der Waals surface area (Å²) in [5.41, 5.74) is 8.16. The minimum Gasteiger partial charge on any atom is -0.411 e. The van der Waals surface area contributed by atoms with Gasteiger partial charge < -0.3 is 10.1 Å². The van der Waals surface area contributed by atoms with E-state index in [9.17, 15) is 5.21 Å². The average molecular weight is 387 g/mol. The molecule has 2 fully saturated rings. The fraction of sp³-hybridized carbons (Fsp3) is 0.500. The van der Waals surface area contributed by atoms with E-state index in [1.54, 1.807) is 11.1 Å². The molecule has 0 radical (unpaired) electrons. The molecule has 150 valence electrons. The molecule has 4 aliphatic rings. The molecular weight excluding hydrogens is 356 g/mol. The van der Waals surface area contributed by atoms with Gasteiger partial charge in [-0.25, -0.2) is 0 Å². The van der Waals surface area contributed by atoms with Crippen LogP contribution < -0.4 is 0 Å². The van der Waals surface area contributed by atoms with Crippen molar-refractivity contribution in [2.75, 3.05) is 19.6 Å². The maximum Gasteiger partial charge on any atom is 0.0837 e. The quantitative estimate of drug-likeness (QED) is 0.444.